The van der Waals surface area contributed by atoms with Gasteiger partial charge in [0.25, 0.3) is 0 Å². The first-order chi connectivity index (χ1) is 24.9. The Bertz CT molecular complexity index is 2010. The molecule has 11 heteroatoms. The Labute approximate surface area is 297 Å². The van der Waals surface area contributed by atoms with Crippen LogP contribution in [0.1, 0.15) is 72.6 Å². The van der Waals surface area contributed by atoms with Crippen LogP contribution in [-0.4, -0.2) is 70.0 Å². The lowest BCUT2D eigenvalue weighted by Crippen LogP contribution is -2.74. The number of aromatic hydroxyl groups is 1. The first-order valence-electron chi connectivity index (χ1n) is 18.5. The number of aliphatic hydroxyl groups is 1. The van der Waals surface area contributed by atoms with Crippen molar-refractivity contribution in [3.05, 3.63) is 88.6 Å². The third-order valence-corrected chi connectivity index (χ3v) is 12.0. The Morgan fingerprint density at radius 1 is 1.12 bits per heavy atom. The Kier molecular flexibility index (Phi) is 7.97. The van der Waals surface area contributed by atoms with Gasteiger partial charge in [-0.1, -0.05) is 42.8 Å². The number of carbonyl (C=O) groups is 1. The van der Waals surface area contributed by atoms with Gasteiger partial charge in [0.05, 0.1) is 16.7 Å². The van der Waals surface area contributed by atoms with Crippen LogP contribution >= 0.6 is 0 Å². The number of hydrogen-bond donors (Lipinski definition) is 6. The zero-order chi connectivity index (χ0) is 34.7. The van der Waals surface area contributed by atoms with Gasteiger partial charge in [0.15, 0.2) is 17.6 Å². The standard InChI is InChI=1S/C40H46N6O5/c41-16-5-2-6-17-42-37(45-38(48)50-23-25-7-3-1-4-8-25)43-27-12-13-30-28(20-27)29-21-40(49)32-19-26-11-14-31(47)35-33(26)39(40,36(51-35)34(29)44-30)15-18-46(32)22-24-9-10-24/h1,3-4,7-8,11-14,20,24,32,36,44,47,49H,2,5-6,9-10,15-19,21-23,41H2,(H2,42,43,45,48)/t32-,36+,39+,40-/m1/s1. The number of alkyl carbamates (subject to hydrolysis) is 1. The molecule has 2 bridgehead atoms. The van der Waals surface area contributed by atoms with Crippen LogP contribution in [-0.2, 0) is 29.6 Å². The molecule has 7 N–H and O–H groups in total. The van der Waals surface area contributed by atoms with Crippen LogP contribution in [0.15, 0.2) is 65.7 Å². The zero-order valence-electron chi connectivity index (χ0n) is 28.8. The average molecular weight is 691 g/mol. The fourth-order valence-electron chi connectivity index (χ4n) is 9.43. The number of unbranched alkanes of at least 4 members (excludes halogenated alkanes) is 2. The van der Waals surface area contributed by atoms with E-state index in [1.54, 1.807) is 6.07 Å². The summed E-state index contributed by atoms with van der Waals surface area (Å²) in [7, 11) is 0. The number of nitrogens with zero attached hydrogens (tertiary/aromatic N) is 2. The normalized spacial score (nSPS) is 26.0. The maximum absolute atomic E-state index is 13.2. The number of aromatic nitrogens is 1. The smallest absolute Gasteiger partial charge is 0.414 e. The Morgan fingerprint density at radius 2 is 1.98 bits per heavy atom. The number of aliphatic imine (C=N–C) groups is 1. The van der Waals surface area contributed by atoms with E-state index in [1.165, 1.54) is 18.4 Å². The van der Waals surface area contributed by atoms with Gasteiger partial charge in [0.2, 0.25) is 5.96 Å². The number of likely N-dealkylation sites (tertiary alicyclic amines) is 1. The average Bonchev–Trinajstić information content (AvgIpc) is 3.78. The molecule has 4 aromatic rings. The van der Waals surface area contributed by atoms with E-state index in [2.05, 4.69) is 31.6 Å². The number of nitrogens with two attached hydrogens (primary N) is 1. The van der Waals surface area contributed by atoms with E-state index in [0.717, 1.165) is 84.2 Å². The number of phenolic OH excluding ortho intramolecular Hbond substituents is 1. The number of amides is 1. The highest BCUT2D eigenvalue weighted by Crippen LogP contribution is 2.69. The van der Waals surface area contributed by atoms with Crippen molar-refractivity contribution in [3.63, 3.8) is 0 Å². The summed E-state index contributed by atoms with van der Waals surface area (Å²) in [6.07, 6.45) is 6.14. The number of nitrogens with one attached hydrogen (secondary N) is 3. The second-order valence-electron chi connectivity index (χ2n) is 15.1. The molecule has 3 aliphatic carbocycles. The summed E-state index contributed by atoms with van der Waals surface area (Å²) in [5, 5.41) is 31.4. The topological polar surface area (TPSA) is 157 Å². The molecule has 1 saturated carbocycles. The summed E-state index contributed by atoms with van der Waals surface area (Å²) in [4.78, 5) is 23.8. The highest BCUT2D eigenvalue weighted by atomic mass is 16.5. The van der Waals surface area contributed by atoms with Crippen molar-refractivity contribution in [2.45, 2.75) is 81.1 Å². The third-order valence-electron chi connectivity index (χ3n) is 12.0. The van der Waals surface area contributed by atoms with Gasteiger partial charge >= 0.3 is 6.09 Å². The number of benzene rings is 3. The minimum atomic E-state index is -1.08. The van der Waals surface area contributed by atoms with E-state index in [-0.39, 0.29) is 18.4 Å². The first-order valence-corrected chi connectivity index (χ1v) is 18.5. The van der Waals surface area contributed by atoms with Crippen LogP contribution in [0.3, 0.4) is 0 Å². The summed E-state index contributed by atoms with van der Waals surface area (Å²) >= 11 is 0. The lowest BCUT2D eigenvalue weighted by Gasteiger charge is -2.62. The van der Waals surface area contributed by atoms with Crippen LogP contribution in [0.25, 0.3) is 10.9 Å². The summed E-state index contributed by atoms with van der Waals surface area (Å²) in [5.74, 6) is 1.66. The van der Waals surface area contributed by atoms with Crippen LogP contribution in [0.2, 0.25) is 0 Å². The van der Waals surface area contributed by atoms with Gasteiger partial charge in [0.1, 0.15) is 6.61 Å². The monoisotopic (exact) mass is 690 g/mol. The van der Waals surface area contributed by atoms with Gasteiger partial charge in [-0.25, -0.2) is 4.79 Å². The van der Waals surface area contributed by atoms with E-state index in [9.17, 15) is 15.0 Å². The molecule has 5 aliphatic rings. The minimum Gasteiger partial charge on any atom is -0.504 e. The Morgan fingerprint density at radius 3 is 2.80 bits per heavy atom. The Balaban J connectivity index is 1.04. The summed E-state index contributed by atoms with van der Waals surface area (Å²) in [5.41, 5.74) is 10.7. The van der Waals surface area contributed by atoms with Gasteiger partial charge in [-0.15, -0.1) is 0 Å². The largest absolute Gasteiger partial charge is 0.504 e. The summed E-state index contributed by atoms with van der Waals surface area (Å²) in [6.45, 7) is 3.21. The van der Waals surface area contributed by atoms with E-state index in [0.29, 0.717) is 37.1 Å². The lowest BCUT2D eigenvalue weighted by atomic mass is 9.49. The highest BCUT2D eigenvalue weighted by Gasteiger charge is 2.72. The number of rotatable bonds is 10. The lowest BCUT2D eigenvalue weighted by molar-refractivity contribution is -0.173. The van der Waals surface area contributed by atoms with Crippen molar-refractivity contribution < 1.29 is 24.5 Å². The van der Waals surface area contributed by atoms with Gasteiger partial charge in [-0.05, 0) is 98.5 Å². The number of carbonyl (C=O) groups excluding carboxylic acids is 1. The van der Waals surface area contributed by atoms with Crippen molar-refractivity contribution in [3.8, 4) is 11.5 Å². The maximum atomic E-state index is 13.2. The van der Waals surface area contributed by atoms with Crippen molar-refractivity contribution in [1.29, 1.82) is 0 Å². The molecule has 1 amide bonds. The van der Waals surface area contributed by atoms with Gasteiger partial charge < -0.3 is 35.7 Å². The van der Waals surface area contributed by atoms with Gasteiger partial charge in [-0.2, -0.15) is 0 Å². The van der Waals surface area contributed by atoms with Gasteiger partial charge in [0, 0.05) is 47.7 Å². The molecule has 4 atom stereocenters. The van der Waals surface area contributed by atoms with Crippen molar-refractivity contribution in [2.24, 2.45) is 16.6 Å². The van der Waals surface area contributed by atoms with E-state index in [4.69, 9.17) is 15.2 Å². The molecule has 1 aromatic heterocycles. The molecule has 9 rings (SSSR count). The molecule has 0 unspecified atom stereocenters. The number of hydrogen-bond acceptors (Lipinski definition) is 8. The van der Waals surface area contributed by atoms with Gasteiger partial charge in [-0.3, -0.25) is 15.2 Å². The van der Waals surface area contributed by atoms with Crippen LogP contribution in [0.4, 0.5) is 10.5 Å². The second-order valence-corrected chi connectivity index (χ2v) is 15.1. The quantitative estimate of drug-likeness (QED) is 0.0734. The SMILES string of the molecule is NCCCCCN=C(NC(=O)OCc1ccccc1)Nc1ccc2[nH]c3c(c2c1)C[C@@]1(O)[C@H]2Cc4ccc(O)c5c4[C@@]1(CCN2CC1CC1)[C@H]3O5. The minimum absolute atomic E-state index is 0.0514. The second kappa shape index (κ2) is 12.6. The van der Waals surface area contributed by atoms with E-state index < -0.39 is 23.2 Å². The number of guanidine groups is 1. The number of H-pyrrole nitrogens is 1. The number of fused-ring (bicyclic) bond motifs is 4. The number of phenols is 1. The predicted octanol–water partition coefficient (Wildman–Crippen LogP) is 5.40. The van der Waals surface area contributed by atoms with Crippen LogP contribution < -0.4 is 21.1 Å². The molecule has 1 spiro atoms. The molecular weight excluding hydrogens is 644 g/mol. The fourth-order valence-corrected chi connectivity index (χ4v) is 9.43. The summed E-state index contributed by atoms with van der Waals surface area (Å²) < 4.78 is 12.3. The Hall–Kier alpha value is -4.58. The number of aromatic amines is 1. The van der Waals surface area contributed by atoms with E-state index >= 15 is 0 Å². The fraction of sp³-hybridized carbons (Fsp3) is 0.450. The highest BCUT2D eigenvalue weighted by molar-refractivity contribution is 6.03. The molecule has 0 radical (unpaired) electrons. The molecule has 11 nitrogen and oxygen atoms in total. The number of anilines is 1. The molecule has 3 aromatic carbocycles. The summed E-state index contributed by atoms with van der Waals surface area (Å²) in [6, 6.07) is 19.3. The first kappa shape index (κ1) is 32.3. The molecule has 3 heterocycles. The molecule has 2 aliphatic heterocycles. The predicted molar refractivity (Wildman–Crippen MR) is 195 cm³/mol. The molecule has 266 valence electrons. The third kappa shape index (κ3) is 5.36. The van der Waals surface area contributed by atoms with Crippen molar-refractivity contribution in [2.75, 3.05) is 31.5 Å². The molecular formula is C40H46N6O5. The zero-order valence-corrected chi connectivity index (χ0v) is 28.8. The van der Waals surface area contributed by atoms with Crippen LogP contribution in [0, 0.1) is 5.92 Å². The molecule has 2 fully saturated rings. The maximum Gasteiger partial charge on any atom is 0.414 e. The van der Waals surface area contributed by atoms with E-state index in [1.807, 2.05) is 48.5 Å². The van der Waals surface area contributed by atoms with Crippen molar-refractivity contribution >= 4 is 28.6 Å². The molecule has 1 saturated heterocycles. The number of piperidine rings is 1. The number of ether oxygens (including phenoxy) is 2. The van der Waals surface area contributed by atoms with Crippen LogP contribution in [0.5, 0.6) is 11.5 Å². The van der Waals surface area contributed by atoms with Crippen molar-refractivity contribution in [1.82, 2.24) is 15.2 Å². The molecule has 51 heavy (non-hydrogen) atoms.